The van der Waals surface area contributed by atoms with E-state index in [-0.39, 0.29) is 10.8 Å². The Morgan fingerprint density at radius 3 is 1.34 bits per heavy atom. The Kier molecular flexibility index (Phi) is 8.25. The molecule has 0 aromatic heterocycles. The van der Waals surface area contributed by atoms with E-state index in [4.69, 9.17) is 0 Å². The molecule has 0 radical (unpaired) electrons. The van der Waals surface area contributed by atoms with E-state index in [1.54, 1.807) is 0 Å². The predicted octanol–water partition coefficient (Wildman–Crippen LogP) is 15.4. The zero-order valence-corrected chi connectivity index (χ0v) is 34.3. The molecule has 10 rings (SSSR count). The topological polar surface area (TPSA) is 3.24 Å². The quantitative estimate of drug-likeness (QED) is 0.169. The van der Waals surface area contributed by atoms with Crippen molar-refractivity contribution in [1.29, 1.82) is 0 Å². The van der Waals surface area contributed by atoms with Crippen molar-refractivity contribution in [2.45, 2.75) is 57.8 Å². The molecule has 2 aliphatic rings. The summed E-state index contributed by atoms with van der Waals surface area (Å²) in [6, 6.07) is 70.5. The van der Waals surface area contributed by atoms with Gasteiger partial charge in [0.05, 0.1) is 11.1 Å². The number of rotatable bonds is 5. The van der Waals surface area contributed by atoms with Gasteiger partial charge in [0.2, 0.25) is 0 Å². The lowest BCUT2D eigenvalue weighted by Gasteiger charge is -2.34. The molecule has 2 aliphatic carbocycles. The Balaban J connectivity index is 1.27. The van der Waals surface area contributed by atoms with Gasteiger partial charge in [-0.1, -0.05) is 199 Å². The summed E-state index contributed by atoms with van der Waals surface area (Å²) in [5, 5.41) is 0. The molecule has 1 heteroatoms. The number of hydrogen-bond donors (Lipinski definition) is 0. The Bertz CT molecular complexity index is 2770. The van der Waals surface area contributed by atoms with Crippen LogP contribution in [0.25, 0.3) is 44.5 Å². The first kappa shape index (κ1) is 35.9. The van der Waals surface area contributed by atoms with E-state index < -0.39 is 5.41 Å². The monoisotopic (exact) mass is 747 g/mol. The highest BCUT2D eigenvalue weighted by molar-refractivity contribution is 5.97. The lowest BCUT2D eigenvalue weighted by Crippen LogP contribution is -2.27. The Hall–Kier alpha value is -6.44. The van der Waals surface area contributed by atoms with Gasteiger partial charge < -0.3 is 4.90 Å². The fourth-order valence-electron chi connectivity index (χ4n) is 9.63. The van der Waals surface area contributed by atoms with Crippen LogP contribution >= 0.6 is 0 Å². The van der Waals surface area contributed by atoms with Crippen LogP contribution in [0.15, 0.2) is 188 Å². The summed E-state index contributed by atoms with van der Waals surface area (Å²) in [6.45, 7) is 14.0. The van der Waals surface area contributed by atoms with Crippen LogP contribution in [-0.2, 0) is 16.2 Å². The number of para-hydroxylation sites is 1. The molecule has 0 unspecified atom stereocenters. The minimum atomic E-state index is -0.489. The van der Waals surface area contributed by atoms with Gasteiger partial charge in [-0.15, -0.1) is 0 Å². The van der Waals surface area contributed by atoms with Crippen LogP contribution in [0.5, 0.6) is 0 Å². The van der Waals surface area contributed by atoms with Gasteiger partial charge in [0.25, 0.3) is 0 Å². The Morgan fingerprint density at radius 2 is 0.759 bits per heavy atom. The van der Waals surface area contributed by atoms with Gasteiger partial charge in [-0.05, 0) is 113 Å². The third-order valence-corrected chi connectivity index (χ3v) is 12.6. The second-order valence-electron chi connectivity index (χ2n) is 18.2. The van der Waals surface area contributed by atoms with E-state index in [9.17, 15) is 0 Å². The van der Waals surface area contributed by atoms with E-state index in [1.807, 2.05) is 0 Å². The first-order valence-electron chi connectivity index (χ1n) is 20.7. The molecule has 282 valence electrons. The lowest BCUT2D eigenvalue weighted by atomic mass is 9.68. The molecule has 0 saturated heterocycles. The molecule has 58 heavy (non-hydrogen) atoms. The molecule has 1 nitrogen and oxygen atoms in total. The molecule has 8 aromatic carbocycles. The van der Waals surface area contributed by atoms with Crippen LogP contribution in [0.2, 0.25) is 0 Å². The number of hydrogen-bond acceptors (Lipinski definition) is 1. The molecular formula is C57H49N. The van der Waals surface area contributed by atoms with E-state index in [0.717, 1.165) is 17.1 Å². The minimum Gasteiger partial charge on any atom is -0.310 e. The minimum absolute atomic E-state index is 0.00573. The van der Waals surface area contributed by atoms with Crippen molar-refractivity contribution in [3.05, 3.63) is 221 Å². The third kappa shape index (κ3) is 5.59. The van der Waals surface area contributed by atoms with Crippen LogP contribution < -0.4 is 4.90 Å². The van der Waals surface area contributed by atoms with Crippen molar-refractivity contribution >= 4 is 17.1 Å². The lowest BCUT2D eigenvalue weighted by molar-refractivity contribution is 0.586. The fraction of sp³-hybridized carbons (Fsp3) is 0.158. The third-order valence-electron chi connectivity index (χ3n) is 12.6. The van der Waals surface area contributed by atoms with Gasteiger partial charge in [0.1, 0.15) is 0 Å². The molecule has 0 fully saturated rings. The van der Waals surface area contributed by atoms with E-state index in [1.165, 1.54) is 77.9 Å². The van der Waals surface area contributed by atoms with Crippen LogP contribution in [0, 0.1) is 0 Å². The maximum atomic E-state index is 2.54. The molecule has 1 spiro atoms. The predicted molar refractivity (Wildman–Crippen MR) is 246 cm³/mol. The molecular weight excluding hydrogens is 699 g/mol. The molecule has 0 heterocycles. The van der Waals surface area contributed by atoms with Gasteiger partial charge in [0.15, 0.2) is 0 Å². The van der Waals surface area contributed by atoms with Crippen molar-refractivity contribution in [2.24, 2.45) is 0 Å². The summed E-state index contributed by atoms with van der Waals surface area (Å²) in [5.41, 5.74) is 21.1. The number of nitrogens with zero attached hydrogens (tertiary/aromatic N) is 1. The smallest absolute Gasteiger partial charge is 0.0726 e. The maximum Gasteiger partial charge on any atom is 0.0726 e. The molecule has 0 N–H and O–H groups in total. The van der Waals surface area contributed by atoms with Gasteiger partial charge in [0, 0.05) is 16.9 Å². The van der Waals surface area contributed by atoms with Gasteiger partial charge in [-0.3, -0.25) is 0 Å². The van der Waals surface area contributed by atoms with Crippen LogP contribution in [0.4, 0.5) is 17.1 Å². The SMILES string of the molecule is CC(C)(C)c1ccc2c(c1)C1(c3ccccc3-c3ccc(N(c4ccc(-c5ccccc5)cc4)c4ccccc4-c4ccccc4)cc31)c1cc(C(C)(C)C)ccc1-2. The molecule has 8 aromatic rings. The van der Waals surface area contributed by atoms with Gasteiger partial charge in [-0.2, -0.15) is 0 Å². The van der Waals surface area contributed by atoms with E-state index >= 15 is 0 Å². The van der Waals surface area contributed by atoms with Crippen LogP contribution in [-0.4, -0.2) is 0 Å². The fourth-order valence-corrected chi connectivity index (χ4v) is 9.63. The van der Waals surface area contributed by atoms with E-state index in [2.05, 4.69) is 234 Å². The summed E-state index contributed by atoms with van der Waals surface area (Å²) < 4.78 is 0. The molecule has 0 saturated carbocycles. The average Bonchev–Trinajstić information content (AvgIpc) is 3.70. The molecule has 0 bridgehead atoms. The average molecular weight is 748 g/mol. The summed E-state index contributed by atoms with van der Waals surface area (Å²) >= 11 is 0. The maximum absolute atomic E-state index is 2.54. The van der Waals surface area contributed by atoms with Crippen molar-refractivity contribution in [3.8, 4) is 44.5 Å². The molecule has 0 amide bonds. The van der Waals surface area contributed by atoms with Crippen LogP contribution in [0.3, 0.4) is 0 Å². The number of anilines is 3. The first-order chi connectivity index (χ1) is 28.0. The van der Waals surface area contributed by atoms with Crippen LogP contribution in [0.1, 0.15) is 74.9 Å². The van der Waals surface area contributed by atoms with Crippen molar-refractivity contribution in [1.82, 2.24) is 0 Å². The second kappa shape index (κ2) is 13.3. The zero-order valence-electron chi connectivity index (χ0n) is 34.3. The highest BCUT2D eigenvalue weighted by Crippen LogP contribution is 2.64. The summed E-state index contributed by atoms with van der Waals surface area (Å²) in [7, 11) is 0. The van der Waals surface area contributed by atoms with Crippen molar-refractivity contribution in [3.63, 3.8) is 0 Å². The molecule has 0 aliphatic heterocycles. The highest BCUT2D eigenvalue weighted by atomic mass is 15.1. The standard InChI is InChI=1S/C57H49N/c1-55(2,3)41-27-32-47-48-33-28-42(56(4,5)6)36-52(48)57(51(47)35-41)50-23-15-13-22-46(50)49-34-31-44(37-53(49)57)58(43-29-25-39(26-30-43)38-17-9-7-10-18-38)54-24-16-14-21-45(54)40-19-11-8-12-20-40/h7-37H,1-6H3. The van der Waals surface area contributed by atoms with Crippen molar-refractivity contribution < 1.29 is 0 Å². The van der Waals surface area contributed by atoms with E-state index in [0.29, 0.717) is 0 Å². The largest absolute Gasteiger partial charge is 0.310 e. The number of fused-ring (bicyclic) bond motifs is 10. The van der Waals surface area contributed by atoms with Gasteiger partial charge >= 0.3 is 0 Å². The Labute approximate surface area is 344 Å². The first-order valence-corrected chi connectivity index (χ1v) is 20.7. The highest BCUT2D eigenvalue weighted by Gasteiger charge is 2.52. The second-order valence-corrected chi connectivity index (χ2v) is 18.2. The Morgan fingerprint density at radius 1 is 0.328 bits per heavy atom. The molecule has 0 atom stereocenters. The number of benzene rings is 8. The zero-order chi connectivity index (χ0) is 39.8. The summed E-state index contributed by atoms with van der Waals surface area (Å²) in [5.74, 6) is 0. The summed E-state index contributed by atoms with van der Waals surface area (Å²) in [4.78, 5) is 2.47. The normalized spacial score (nSPS) is 13.5. The van der Waals surface area contributed by atoms with Crippen molar-refractivity contribution in [2.75, 3.05) is 4.90 Å². The summed E-state index contributed by atoms with van der Waals surface area (Å²) in [6.07, 6.45) is 0. The van der Waals surface area contributed by atoms with Gasteiger partial charge in [-0.25, -0.2) is 0 Å².